The van der Waals surface area contributed by atoms with Crippen LogP contribution in [0.15, 0.2) is 54.6 Å². The van der Waals surface area contributed by atoms with Crippen molar-refractivity contribution < 1.29 is 19.1 Å². The highest BCUT2D eigenvalue weighted by Crippen LogP contribution is 2.28. The first-order valence-corrected chi connectivity index (χ1v) is 9.72. The Balaban J connectivity index is 1.79. The maximum absolute atomic E-state index is 12.5. The van der Waals surface area contributed by atoms with Gasteiger partial charge >= 0.3 is 0 Å². The van der Waals surface area contributed by atoms with Gasteiger partial charge in [0.25, 0.3) is 0 Å². The zero-order chi connectivity index (χ0) is 21.7. The molecule has 0 saturated heterocycles. The number of ketones is 1. The van der Waals surface area contributed by atoms with Crippen LogP contribution in [0.3, 0.4) is 0 Å². The Morgan fingerprint density at radius 2 is 1.50 bits per heavy atom. The summed E-state index contributed by atoms with van der Waals surface area (Å²) in [4.78, 5) is 24.6. The second-order valence-corrected chi connectivity index (χ2v) is 6.99. The number of methoxy groups -OCH3 is 2. The molecule has 0 saturated carbocycles. The molecule has 2 aromatic carbocycles. The molecule has 0 fully saturated rings. The fourth-order valence-corrected chi connectivity index (χ4v) is 3.40. The number of hydrogen-bond acceptors (Lipinski definition) is 4. The SMILES string of the molecule is COc1ccc(NC(=O)CCn2c(-c3ccc(OC)cc3)cc(C(C)=O)c2C)cc1. The summed E-state index contributed by atoms with van der Waals surface area (Å²) in [6.45, 7) is 3.93. The molecule has 3 aromatic rings. The highest BCUT2D eigenvalue weighted by molar-refractivity contribution is 5.97. The second kappa shape index (κ2) is 9.31. The molecule has 1 N–H and O–H groups in total. The predicted molar refractivity (Wildman–Crippen MR) is 117 cm³/mol. The highest BCUT2D eigenvalue weighted by Gasteiger charge is 2.17. The van der Waals surface area contributed by atoms with E-state index in [-0.39, 0.29) is 18.1 Å². The number of aromatic nitrogens is 1. The average molecular weight is 406 g/mol. The van der Waals surface area contributed by atoms with E-state index in [1.54, 1.807) is 45.4 Å². The molecule has 0 unspecified atom stereocenters. The van der Waals surface area contributed by atoms with Crippen molar-refractivity contribution in [1.82, 2.24) is 4.57 Å². The van der Waals surface area contributed by atoms with Gasteiger partial charge in [0.2, 0.25) is 5.91 Å². The first kappa shape index (κ1) is 21.2. The monoisotopic (exact) mass is 406 g/mol. The minimum Gasteiger partial charge on any atom is -0.497 e. The van der Waals surface area contributed by atoms with E-state index in [1.807, 2.05) is 41.8 Å². The molecule has 1 amide bonds. The zero-order valence-corrected chi connectivity index (χ0v) is 17.7. The third-order valence-corrected chi connectivity index (χ3v) is 5.07. The predicted octanol–water partition coefficient (Wildman–Crippen LogP) is 4.71. The fourth-order valence-electron chi connectivity index (χ4n) is 3.40. The molecule has 3 rings (SSSR count). The van der Waals surface area contributed by atoms with Gasteiger partial charge in [0.1, 0.15) is 11.5 Å². The first-order chi connectivity index (χ1) is 14.4. The molecule has 0 bridgehead atoms. The third kappa shape index (κ3) is 4.71. The molecule has 0 atom stereocenters. The van der Waals surface area contributed by atoms with Gasteiger partial charge in [-0.1, -0.05) is 0 Å². The van der Waals surface area contributed by atoms with Gasteiger partial charge in [0, 0.05) is 35.6 Å². The average Bonchev–Trinajstić information content (AvgIpc) is 3.09. The summed E-state index contributed by atoms with van der Waals surface area (Å²) in [6, 6.07) is 16.7. The molecule has 0 aliphatic carbocycles. The Hall–Kier alpha value is -3.54. The summed E-state index contributed by atoms with van der Waals surface area (Å²) >= 11 is 0. The summed E-state index contributed by atoms with van der Waals surface area (Å²) in [5.41, 5.74) is 4.09. The molecule has 0 radical (unpaired) electrons. The lowest BCUT2D eigenvalue weighted by Gasteiger charge is -2.13. The quantitative estimate of drug-likeness (QED) is 0.550. The van der Waals surface area contributed by atoms with Crippen LogP contribution in [0.2, 0.25) is 0 Å². The first-order valence-electron chi connectivity index (χ1n) is 9.72. The number of carbonyl (C=O) groups is 2. The summed E-state index contributed by atoms with van der Waals surface area (Å²) in [6.07, 6.45) is 0.280. The minimum absolute atomic E-state index is 0.00342. The standard InChI is InChI=1S/C24H26N2O4/c1-16-22(17(2)27)15-23(18-5-9-20(29-3)10-6-18)26(16)14-13-24(28)25-19-7-11-21(30-4)12-8-19/h5-12,15H,13-14H2,1-4H3,(H,25,28). The van der Waals surface area contributed by atoms with E-state index >= 15 is 0 Å². The molecule has 6 nitrogen and oxygen atoms in total. The minimum atomic E-state index is -0.0988. The van der Waals surface area contributed by atoms with Crippen molar-refractivity contribution >= 4 is 17.4 Å². The Labute approximate surface area is 176 Å². The number of rotatable bonds is 8. The van der Waals surface area contributed by atoms with Crippen molar-refractivity contribution in [2.24, 2.45) is 0 Å². The van der Waals surface area contributed by atoms with Gasteiger partial charge in [0.15, 0.2) is 5.78 Å². The summed E-state index contributed by atoms with van der Waals surface area (Å²) < 4.78 is 12.4. The van der Waals surface area contributed by atoms with Crippen LogP contribution in [-0.4, -0.2) is 30.5 Å². The van der Waals surface area contributed by atoms with Gasteiger partial charge in [-0.15, -0.1) is 0 Å². The van der Waals surface area contributed by atoms with E-state index in [1.165, 1.54) is 0 Å². The Kier molecular flexibility index (Phi) is 6.57. The molecule has 0 aliphatic heterocycles. The van der Waals surface area contributed by atoms with E-state index in [0.29, 0.717) is 17.8 Å². The number of carbonyl (C=O) groups excluding carboxylic acids is 2. The van der Waals surface area contributed by atoms with E-state index in [9.17, 15) is 9.59 Å². The van der Waals surface area contributed by atoms with E-state index < -0.39 is 0 Å². The van der Waals surface area contributed by atoms with Crippen molar-refractivity contribution in [3.05, 3.63) is 65.9 Å². The van der Waals surface area contributed by atoms with Crippen LogP contribution in [0.1, 0.15) is 29.4 Å². The molecular weight excluding hydrogens is 380 g/mol. The number of nitrogens with one attached hydrogen (secondary N) is 1. The van der Waals surface area contributed by atoms with Crippen LogP contribution in [0.25, 0.3) is 11.3 Å². The van der Waals surface area contributed by atoms with Gasteiger partial charge in [-0.3, -0.25) is 9.59 Å². The Bertz CT molecular complexity index is 1030. The van der Waals surface area contributed by atoms with Gasteiger partial charge in [-0.05, 0) is 74.0 Å². The van der Waals surface area contributed by atoms with Gasteiger partial charge in [-0.2, -0.15) is 0 Å². The van der Waals surface area contributed by atoms with E-state index in [0.717, 1.165) is 28.5 Å². The lowest BCUT2D eigenvalue weighted by molar-refractivity contribution is -0.116. The number of anilines is 1. The normalized spacial score (nSPS) is 10.5. The smallest absolute Gasteiger partial charge is 0.226 e. The summed E-state index contributed by atoms with van der Waals surface area (Å²) in [7, 11) is 3.22. The van der Waals surface area contributed by atoms with Crippen LogP contribution >= 0.6 is 0 Å². The molecule has 1 heterocycles. The summed E-state index contributed by atoms with van der Waals surface area (Å²) in [5.74, 6) is 1.40. The van der Waals surface area contributed by atoms with Crippen molar-refractivity contribution in [3.8, 4) is 22.8 Å². The number of nitrogens with zero attached hydrogens (tertiary/aromatic N) is 1. The fraction of sp³-hybridized carbons (Fsp3) is 0.250. The molecule has 0 aliphatic rings. The van der Waals surface area contributed by atoms with Gasteiger partial charge in [-0.25, -0.2) is 0 Å². The van der Waals surface area contributed by atoms with Gasteiger partial charge < -0.3 is 19.4 Å². The largest absolute Gasteiger partial charge is 0.497 e. The molecule has 6 heteroatoms. The zero-order valence-electron chi connectivity index (χ0n) is 17.7. The van der Waals surface area contributed by atoms with Crippen molar-refractivity contribution in [3.63, 3.8) is 0 Å². The van der Waals surface area contributed by atoms with E-state index in [2.05, 4.69) is 5.32 Å². The van der Waals surface area contributed by atoms with Crippen LogP contribution in [0.4, 0.5) is 5.69 Å². The maximum atomic E-state index is 12.5. The Morgan fingerprint density at radius 3 is 2.03 bits per heavy atom. The van der Waals surface area contributed by atoms with Crippen molar-refractivity contribution in [1.29, 1.82) is 0 Å². The molecule has 30 heavy (non-hydrogen) atoms. The van der Waals surface area contributed by atoms with Gasteiger partial charge in [0.05, 0.1) is 14.2 Å². The lowest BCUT2D eigenvalue weighted by atomic mass is 10.1. The lowest BCUT2D eigenvalue weighted by Crippen LogP contribution is -2.15. The van der Waals surface area contributed by atoms with Crippen LogP contribution in [-0.2, 0) is 11.3 Å². The topological polar surface area (TPSA) is 69.6 Å². The number of ether oxygens (including phenoxy) is 2. The second-order valence-electron chi connectivity index (χ2n) is 6.99. The molecule has 1 aromatic heterocycles. The third-order valence-electron chi connectivity index (χ3n) is 5.07. The van der Waals surface area contributed by atoms with Crippen LogP contribution in [0, 0.1) is 6.92 Å². The Morgan fingerprint density at radius 1 is 0.933 bits per heavy atom. The maximum Gasteiger partial charge on any atom is 0.226 e. The number of benzene rings is 2. The summed E-state index contributed by atoms with van der Waals surface area (Å²) in [5, 5.41) is 2.90. The van der Waals surface area contributed by atoms with Crippen molar-refractivity contribution in [2.75, 3.05) is 19.5 Å². The number of Topliss-reactive ketones (excluding diaryl/α,β-unsaturated/α-hetero) is 1. The molecule has 0 spiro atoms. The molecular formula is C24H26N2O4. The van der Waals surface area contributed by atoms with Crippen molar-refractivity contribution in [2.45, 2.75) is 26.8 Å². The van der Waals surface area contributed by atoms with Crippen LogP contribution < -0.4 is 14.8 Å². The van der Waals surface area contributed by atoms with E-state index in [4.69, 9.17) is 9.47 Å². The van der Waals surface area contributed by atoms with Crippen LogP contribution in [0.5, 0.6) is 11.5 Å². The molecule has 156 valence electrons. The highest BCUT2D eigenvalue weighted by atomic mass is 16.5. The number of amides is 1. The number of hydrogen-bond donors (Lipinski definition) is 1.